The van der Waals surface area contributed by atoms with Crippen LogP contribution in [0, 0.1) is 0 Å². The van der Waals surface area contributed by atoms with Crippen LogP contribution >= 0.6 is 39.7 Å². The quantitative estimate of drug-likeness (QED) is 0.818. The number of thiophene rings is 1. The number of hydrogen-bond acceptors (Lipinski definition) is 3. The van der Waals surface area contributed by atoms with Crippen LogP contribution in [0.4, 0.5) is 0 Å². The van der Waals surface area contributed by atoms with Crippen LogP contribution in [0.25, 0.3) is 0 Å². The summed E-state index contributed by atoms with van der Waals surface area (Å²) in [7, 11) is 0. The first-order valence-electron chi connectivity index (χ1n) is 4.38. The van der Waals surface area contributed by atoms with Crippen molar-refractivity contribution in [3.63, 3.8) is 0 Å². The number of carbonyl (C=O) groups excluding carboxylic acids is 1. The molecule has 1 amide bonds. The summed E-state index contributed by atoms with van der Waals surface area (Å²) in [6.07, 6.45) is 0. The fourth-order valence-corrected chi connectivity index (χ4v) is 2.44. The molecule has 0 aromatic carbocycles. The van der Waals surface area contributed by atoms with Crippen molar-refractivity contribution in [3.8, 4) is 0 Å². The Morgan fingerprint density at radius 2 is 2.20 bits per heavy atom. The van der Waals surface area contributed by atoms with Gasteiger partial charge in [0.05, 0.1) is 3.79 Å². The molecule has 0 fully saturated rings. The molecule has 2 N–H and O–H groups in total. The van der Waals surface area contributed by atoms with Crippen LogP contribution in [-0.4, -0.2) is 19.0 Å². The summed E-state index contributed by atoms with van der Waals surface area (Å²) in [6, 6.07) is 4.12. The summed E-state index contributed by atoms with van der Waals surface area (Å²) in [6.45, 7) is 3.86. The number of carbonyl (C=O) groups is 1. The number of halogens is 2. The van der Waals surface area contributed by atoms with Crippen LogP contribution in [0.3, 0.4) is 0 Å². The van der Waals surface area contributed by atoms with E-state index in [-0.39, 0.29) is 18.3 Å². The zero-order chi connectivity index (χ0) is 10.4. The molecule has 3 nitrogen and oxygen atoms in total. The van der Waals surface area contributed by atoms with Gasteiger partial charge in [-0.25, -0.2) is 0 Å². The van der Waals surface area contributed by atoms with E-state index in [0.717, 1.165) is 16.9 Å². The standard InChI is InChI=1S/C9H13BrN2OS.ClH/c1-7(13)12-5-4-11-6-8-2-3-9(10)14-8;/h2-3,11H,4-6H2,1H3,(H,12,13);1H. The van der Waals surface area contributed by atoms with E-state index in [2.05, 4.69) is 32.6 Å². The highest BCUT2D eigenvalue weighted by Gasteiger charge is 1.96. The lowest BCUT2D eigenvalue weighted by atomic mass is 10.4. The van der Waals surface area contributed by atoms with E-state index in [1.807, 2.05) is 6.07 Å². The maximum absolute atomic E-state index is 10.5. The van der Waals surface area contributed by atoms with Crippen molar-refractivity contribution in [2.75, 3.05) is 13.1 Å². The minimum Gasteiger partial charge on any atom is -0.355 e. The van der Waals surface area contributed by atoms with E-state index in [4.69, 9.17) is 0 Å². The smallest absolute Gasteiger partial charge is 0.216 e. The molecule has 0 aliphatic carbocycles. The highest BCUT2D eigenvalue weighted by atomic mass is 79.9. The van der Waals surface area contributed by atoms with Crippen LogP contribution < -0.4 is 10.6 Å². The average molecular weight is 314 g/mol. The summed E-state index contributed by atoms with van der Waals surface area (Å²) in [5.41, 5.74) is 0. The Morgan fingerprint density at radius 1 is 1.47 bits per heavy atom. The van der Waals surface area contributed by atoms with Gasteiger partial charge in [-0.05, 0) is 28.1 Å². The summed E-state index contributed by atoms with van der Waals surface area (Å²) in [5, 5.41) is 5.97. The van der Waals surface area contributed by atoms with E-state index in [1.54, 1.807) is 11.3 Å². The first kappa shape index (κ1) is 14.9. The van der Waals surface area contributed by atoms with E-state index in [9.17, 15) is 4.79 Å². The monoisotopic (exact) mass is 312 g/mol. The van der Waals surface area contributed by atoms with Gasteiger partial charge in [0.15, 0.2) is 0 Å². The van der Waals surface area contributed by atoms with E-state index in [1.165, 1.54) is 11.8 Å². The van der Waals surface area contributed by atoms with Gasteiger partial charge >= 0.3 is 0 Å². The summed E-state index contributed by atoms with van der Waals surface area (Å²) >= 11 is 5.13. The van der Waals surface area contributed by atoms with Crippen LogP contribution in [0.2, 0.25) is 0 Å². The lowest BCUT2D eigenvalue weighted by molar-refractivity contribution is -0.118. The van der Waals surface area contributed by atoms with Gasteiger partial charge in [0, 0.05) is 31.4 Å². The van der Waals surface area contributed by atoms with Gasteiger partial charge in [0.1, 0.15) is 0 Å². The molecule has 0 bridgehead atoms. The average Bonchev–Trinajstić information content (AvgIpc) is 2.50. The Labute approximate surface area is 108 Å². The summed E-state index contributed by atoms with van der Waals surface area (Å²) in [5.74, 6) is 0.0191. The molecule has 1 aromatic rings. The molecule has 86 valence electrons. The largest absolute Gasteiger partial charge is 0.355 e. The Hall–Kier alpha value is -0.100. The molecule has 0 atom stereocenters. The topological polar surface area (TPSA) is 41.1 Å². The fraction of sp³-hybridized carbons (Fsp3) is 0.444. The van der Waals surface area contributed by atoms with E-state index < -0.39 is 0 Å². The van der Waals surface area contributed by atoms with Crippen molar-refractivity contribution in [2.45, 2.75) is 13.5 Å². The fourth-order valence-electron chi connectivity index (χ4n) is 0.985. The van der Waals surface area contributed by atoms with E-state index in [0.29, 0.717) is 6.54 Å². The number of hydrogen-bond donors (Lipinski definition) is 2. The third kappa shape index (κ3) is 6.89. The zero-order valence-electron chi connectivity index (χ0n) is 8.38. The Balaban J connectivity index is 0.00000196. The lowest BCUT2D eigenvalue weighted by Crippen LogP contribution is -2.29. The predicted octanol–water partition coefficient (Wildman–Crippen LogP) is 2.16. The van der Waals surface area contributed by atoms with Gasteiger partial charge in [0.2, 0.25) is 5.91 Å². The van der Waals surface area contributed by atoms with Gasteiger partial charge in [-0.2, -0.15) is 0 Å². The van der Waals surface area contributed by atoms with E-state index >= 15 is 0 Å². The van der Waals surface area contributed by atoms with Crippen LogP contribution in [-0.2, 0) is 11.3 Å². The maximum atomic E-state index is 10.5. The first-order valence-corrected chi connectivity index (χ1v) is 5.99. The summed E-state index contributed by atoms with van der Waals surface area (Å²) in [4.78, 5) is 11.8. The Bertz CT molecular complexity index is 306. The highest BCUT2D eigenvalue weighted by Crippen LogP contribution is 2.21. The van der Waals surface area contributed by atoms with Gasteiger partial charge in [0.25, 0.3) is 0 Å². The third-order valence-electron chi connectivity index (χ3n) is 1.60. The molecule has 6 heteroatoms. The molecular weight excluding hydrogens is 300 g/mol. The Morgan fingerprint density at radius 3 is 2.73 bits per heavy atom. The molecule has 1 rings (SSSR count). The van der Waals surface area contributed by atoms with Crippen molar-refractivity contribution < 1.29 is 4.79 Å². The second-order valence-corrected chi connectivity index (χ2v) is 5.41. The lowest BCUT2D eigenvalue weighted by Gasteiger charge is -2.03. The zero-order valence-corrected chi connectivity index (χ0v) is 11.6. The normalized spacial score (nSPS) is 9.47. The number of nitrogens with one attached hydrogen (secondary N) is 2. The van der Waals surface area contributed by atoms with Crippen molar-refractivity contribution in [1.82, 2.24) is 10.6 Å². The molecule has 0 saturated heterocycles. The highest BCUT2D eigenvalue weighted by molar-refractivity contribution is 9.11. The molecule has 0 aliphatic rings. The molecule has 0 aliphatic heterocycles. The van der Waals surface area contributed by atoms with Gasteiger partial charge in [-0.3, -0.25) is 4.79 Å². The van der Waals surface area contributed by atoms with Crippen LogP contribution in [0.5, 0.6) is 0 Å². The van der Waals surface area contributed by atoms with Gasteiger partial charge < -0.3 is 10.6 Å². The second-order valence-electron chi connectivity index (χ2n) is 2.87. The molecule has 0 unspecified atom stereocenters. The van der Waals surface area contributed by atoms with Crippen molar-refractivity contribution in [2.24, 2.45) is 0 Å². The maximum Gasteiger partial charge on any atom is 0.216 e. The molecular formula is C9H14BrClN2OS. The molecule has 1 heterocycles. The second kappa shape index (κ2) is 8.10. The van der Waals surface area contributed by atoms with Gasteiger partial charge in [-0.15, -0.1) is 23.7 Å². The third-order valence-corrected chi connectivity index (χ3v) is 3.23. The SMILES string of the molecule is CC(=O)NCCNCc1ccc(Br)s1.Cl. The summed E-state index contributed by atoms with van der Waals surface area (Å²) < 4.78 is 1.15. The Kier molecular flexibility index (Phi) is 8.04. The molecule has 0 spiro atoms. The number of amides is 1. The number of rotatable bonds is 5. The van der Waals surface area contributed by atoms with Crippen LogP contribution in [0.1, 0.15) is 11.8 Å². The van der Waals surface area contributed by atoms with Gasteiger partial charge in [-0.1, -0.05) is 0 Å². The minimum atomic E-state index is 0. The van der Waals surface area contributed by atoms with Crippen molar-refractivity contribution >= 4 is 45.6 Å². The first-order chi connectivity index (χ1) is 6.68. The molecule has 15 heavy (non-hydrogen) atoms. The van der Waals surface area contributed by atoms with Crippen LogP contribution in [0.15, 0.2) is 15.9 Å². The molecule has 0 radical (unpaired) electrons. The van der Waals surface area contributed by atoms with Crippen molar-refractivity contribution in [3.05, 3.63) is 20.8 Å². The predicted molar refractivity (Wildman–Crippen MR) is 69.7 cm³/mol. The molecule has 0 saturated carbocycles. The molecule has 1 aromatic heterocycles. The van der Waals surface area contributed by atoms with Crippen molar-refractivity contribution in [1.29, 1.82) is 0 Å². The minimum absolute atomic E-state index is 0.